The number of benzene rings is 2. The van der Waals surface area contributed by atoms with E-state index in [-0.39, 0.29) is 12.4 Å². The largest absolute Gasteiger partial charge is 0.485 e. The van der Waals surface area contributed by atoms with Crippen molar-refractivity contribution in [2.24, 2.45) is 0 Å². The molecule has 0 radical (unpaired) electrons. The van der Waals surface area contributed by atoms with Gasteiger partial charge in [0.05, 0.1) is 11.8 Å². The summed E-state index contributed by atoms with van der Waals surface area (Å²) in [5.74, 6) is -0.553. The minimum absolute atomic E-state index is 0.0317. The molecule has 0 aliphatic carbocycles. The summed E-state index contributed by atoms with van der Waals surface area (Å²) in [5, 5.41) is 1.09. The maximum absolute atomic E-state index is 12.9. The van der Waals surface area contributed by atoms with E-state index in [2.05, 4.69) is 0 Å². The molecule has 4 rings (SSSR count). The van der Waals surface area contributed by atoms with Crippen molar-refractivity contribution in [3.63, 3.8) is 0 Å². The third-order valence-electron chi connectivity index (χ3n) is 4.66. The third kappa shape index (κ3) is 4.30. The maximum Gasteiger partial charge on any atom is 0.351 e. The molecule has 0 spiro atoms. The molecule has 2 aromatic rings. The molecule has 0 aromatic heterocycles. The SMILES string of the molecule is O=C(OCC(=O)N(c1ccccc1)C1C=CS(=O)(=O)C1)C1COc2ccccc2O1. The second kappa shape index (κ2) is 8.19. The molecule has 1 amide bonds. The molecule has 0 N–H and O–H groups in total. The van der Waals surface area contributed by atoms with Crippen LogP contribution < -0.4 is 14.4 Å². The number of rotatable bonds is 5. The fourth-order valence-corrected chi connectivity index (χ4v) is 4.53. The van der Waals surface area contributed by atoms with Gasteiger partial charge in [-0.1, -0.05) is 30.3 Å². The lowest BCUT2D eigenvalue weighted by Gasteiger charge is -2.28. The average Bonchev–Trinajstić information content (AvgIpc) is 3.11. The summed E-state index contributed by atoms with van der Waals surface area (Å²) in [7, 11) is -3.38. The lowest BCUT2D eigenvalue weighted by molar-refractivity contribution is -0.157. The first-order valence-corrected chi connectivity index (χ1v) is 11.0. The molecule has 2 aliphatic heterocycles. The highest BCUT2D eigenvalue weighted by molar-refractivity contribution is 7.94. The lowest BCUT2D eigenvalue weighted by Crippen LogP contribution is -2.45. The van der Waals surface area contributed by atoms with Gasteiger partial charge in [-0.25, -0.2) is 13.2 Å². The van der Waals surface area contributed by atoms with Crippen molar-refractivity contribution in [1.82, 2.24) is 0 Å². The fraction of sp³-hybridized carbons (Fsp3) is 0.238. The number of nitrogens with zero attached hydrogens (tertiary/aromatic N) is 1. The molecule has 0 saturated carbocycles. The number of anilines is 1. The van der Waals surface area contributed by atoms with E-state index < -0.39 is 40.5 Å². The van der Waals surface area contributed by atoms with Crippen molar-refractivity contribution in [2.45, 2.75) is 12.1 Å². The summed E-state index contributed by atoms with van der Waals surface area (Å²) in [6.07, 6.45) is 0.460. The molecule has 2 aliphatic rings. The smallest absolute Gasteiger partial charge is 0.351 e. The summed E-state index contributed by atoms with van der Waals surface area (Å²) in [6.45, 7) is -0.588. The van der Waals surface area contributed by atoms with Crippen LogP contribution in [-0.2, 0) is 24.2 Å². The van der Waals surface area contributed by atoms with Crippen molar-refractivity contribution in [3.8, 4) is 11.5 Å². The summed E-state index contributed by atoms with van der Waals surface area (Å²) < 4.78 is 39.9. The van der Waals surface area contributed by atoms with Crippen molar-refractivity contribution >= 4 is 27.4 Å². The number of esters is 1. The number of amides is 1. The van der Waals surface area contributed by atoms with E-state index in [1.165, 1.54) is 11.0 Å². The van der Waals surface area contributed by atoms with Crippen LogP contribution in [0.2, 0.25) is 0 Å². The van der Waals surface area contributed by atoms with E-state index in [1.807, 2.05) is 0 Å². The summed E-state index contributed by atoms with van der Waals surface area (Å²) >= 11 is 0. The van der Waals surface area contributed by atoms with Crippen LogP contribution in [-0.4, -0.2) is 51.4 Å². The first kappa shape index (κ1) is 20.0. The van der Waals surface area contributed by atoms with Crippen LogP contribution in [0.4, 0.5) is 5.69 Å². The second-order valence-corrected chi connectivity index (χ2v) is 8.73. The van der Waals surface area contributed by atoms with E-state index in [9.17, 15) is 18.0 Å². The van der Waals surface area contributed by atoms with Crippen LogP contribution in [0.3, 0.4) is 0 Å². The Morgan fingerprint density at radius 3 is 2.43 bits per heavy atom. The molecule has 0 fully saturated rings. The zero-order chi connectivity index (χ0) is 21.1. The number of carbonyl (C=O) groups is 2. The maximum atomic E-state index is 12.9. The molecule has 2 atom stereocenters. The van der Waals surface area contributed by atoms with Crippen LogP contribution in [0.15, 0.2) is 66.1 Å². The molecule has 8 nitrogen and oxygen atoms in total. The van der Waals surface area contributed by atoms with Gasteiger partial charge < -0.3 is 19.1 Å². The van der Waals surface area contributed by atoms with E-state index in [0.717, 1.165) is 5.41 Å². The first-order chi connectivity index (χ1) is 14.4. The normalized spacial score (nSPS) is 21.1. The fourth-order valence-electron chi connectivity index (χ4n) is 3.26. The molecule has 2 unspecified atom stereocenters. The Morgan fingerprint density at radius 2 is 1.73 bits per heavy atom. The molecular formula is C21H19NO7S. The number of hydrogen-bond acceptors (Lipinski definition) is 7. The Hall–Kier alpha value is -3.33. The number of hydrogen-bond donors (Lipinski definition) is 0. The van der Waals surface area contributed by atoms with Crippen LogP contribution in [0.1, 0.15) is 0 Å². The number of fused-ring (bicyclic) bond motifs is 1. The van der Waals surface area contributed by atoms with Gasteiger partial charge in [-0.3, -0.25) is 4.79 Å². The molecule has 30 heavy (non-hydrogen) atoms. The third-order valence-corrected chi connectivity index (χ3v) is 6.03. The number of para-hydroxylation sites is 3. The second-order valence-electron chi connectivity index (χ2n) is 6.80. The Labute approximate surface area is 173 Å². The highest BCUT2D eigenvalue weighted by atomic mass is 32.2. The van der Waals surface area contributed by atoms with Gasteiger partial charge in [0, 0.05) is 11.1 Å². The van der Waals surface area contributed by atoms with Gasteiger partial charge in [0.2, 0.25) is 6.10 Å². The Balaban J connectivity index is 1.43. The van der Waals surface area contributed by atoms with Gasteiger partial charge in [0.15, 0.2) is 27.9 Å². The zero-order valence-electron chi connectivity index (χ0n) is 15.8. The predicted molar refractivity (Wildman–Crippen MR) is 108 cm³/mol. The van der Waals surface area contributed by atoms with E-state index in [4.69, 9.17) is 14.2 Å². The van der Waals surface area contributed by atoms with Crippen molar-refractivity contribution in [3.05, 3.63) is 66.1 Å². The van der Waals surface area contributed by atoms with Gasteiger partial charge in [0.25, 0.3) is 5.91 Å². The topological polar surface area (TPSA) is 99.2 Å². The van der Waals surface area contributed by atoms with Gasteiger partial charge in [-0.15, -0.1) is 0 Å². The van der Waals surface area contributed by atoms with Crippen LogP contribution in [0, 0.1) is 0 Å². The summed E-state index contributed by atoms with van der Waals surface area (Å²) in [4.78, 5) is 26.6. The van der Waals surface area contributed by atoms with E-state index in [0.29, 0.717) is 17.2 Å². The molecule has 0 saturated heterocycles. The van der Waals surface area contributed by atoms with Gasteiger partial charge in [0.1, 0.15) is 6.61 Å². The van der Waals surface area contributed by atoms with Gasteiger partial charge in [-0.2, -0.15) is 0 Å². The van der Waals surface area contributed by atoms with Crippen LogP contribution >= 0.6 is 0 Å². The number of carbonyl (C=O) groups excluding carboxylic acids is 2. The molecule has 2 heterocycles. The summed E-state index contributed by atoms with van der Waals surface area (Å²) in [6, 6.07) is 14.9. The van der Waals surface area contributed by atoms with Gasteiger partial charge >= 0.3 is 5.97 Å². The van der Waals surface area contributed by atoms with Gasteiger partial charge in [-0.05, 0) is 30.3 Å². The molecule has 9 heteroatoms. The minimum atomic E-state index is -3.38. The van der Waals surface area contributed by atoms with E-state index in [1.54, 1.807) is 54.6 Å². The Kier molecular flexibility index (Phi) is 5.45. The molecular weight excluding hydrogens is 410 g/mol. The average molecular weight is 429 g/mol. The zero-order valence-corrected chi connectivity index (χ0v) is 16.7. The molecule has 0 bridgehead atoms. The standard InChI is InChI=1S/C21H19NO7S/c23-20(13-28-21(24)19-12-27-17-8-4-5-9-18(17)29-19)22(15-6-2-1-3-7-15)16-10-11-30(25,26)14-16/h1-11,16,19H,12-14H2. The highest BCUT2D eigenvalue weighted by Crippen LogP contribution is 2.31. The quantitative estimate of drug-likeness (QED) is 0.667. The summed E-state index contributed by atoms with van der Waals surface area (Å²) in [5.41, 5.74) is 0.511. The predicted octanol–water partition coefficient (Wildman–Crippen LogP) is 1.71. The molecule has 2 aromatic carbocycles. The van der Waals surface area contributed by atoms with E-state index >= 15 is 0 Å². The highest BCUT2D eigenvalue weighted by Gasteiger charge is 2.33. The monoisotopic (exact) mass is 429 g/mol. The van der Waals surface area contributed by atoms with Crippen LogP contribution in [0.5, 0.6) is 11.5 Å². The lowest BCUT2D eigenvalue weighted by atomic mass is 10.2. The van der Waals surface area contributed by atoms with Crippen molar-refractivity contribution in [2.75, 3.05) is 23.9 Å². The van der Waals surface area contributed by atoms with Crippen molar-refractivity contribution < 1.29 is 32.2 Å². The first-order valence-electron chi connectivity index (χ1n) is 9.26. The number of sulfone groups is 1. The Bertz CT molecular complexity index is 1080. The minimum Gasteiger partial charge on any atom is -0.485 e. The molecule has 156 valence electrons. The van der Waals surface area contributed by atoms with Crippen molar-refractivity contribution in [1.29, 1.82) is 0 Å². The number of ether oxygens (including phenoxy) is 3. The van der Waals surface area contributed by atoms with Crippen LogP contribution in [0.25, 0.3) is 0 Å². The Morgan fingerprint density at radius 1 is 1.03 bits per heavy atom.